The first-order chi connectivity index (χ1) is 13.1. The summed E-state index contributed by atoms with van der Waals surface area (Å²) in [6, 6.07) is 0.667. The molecule has 0 spiro atoms. The number of likely N-dealkylation sites (tertiary alicyclic amines) is 1. The Bertz CT molecular complexity index is 758. The number of rotatable bonds is 3. The van der Waals surface area contributed by atoms with Crippen LogP contribution >= 0.6 is 0 Å². The molecule has 0 radical (unpaired) electrons. The predicted molar refractivity (Wildman–Crippen MR) is 115 cm³/mol. The van der Waals surface area contributed by atoms with Crippen LogP contribution in [0.5, 0.6) is 0 Å². The second-order valence-electron chi connectivity index (χ2n) is 11.0. The van der Waals surface area contributed by atoms with Crippen LogP contribution in [0.15, 0.2) is 23.1 Å². The van der Waals surface area contributed by atoms with E-state index in [-0.39, 0.29) is 11.0 Å². The van der Waals surface area contributed by atoms with Gasteiger partial charge in [-0.05, 0) is 55.9 Å². The number of fused-ring (bicyclic) bond motifs is 2. The molecule has 4 nitrogen and oxygen atoms in total. The predicted octanol–water partition coefficient (Wildman–Crippen LogP) is 4.55. The van der Waals surface area contributed by atoms with Gasteiger partial charge in [-0.25, -0.2) is 8.42 Å². The maximum Gasteiger partial charge on any atom is 0.243 e. The maximum absolute atomic E-state index is 13.6. The lowest BCUT2D eigenvalue weighted by Gasteiger charge is -2.45. The summed E-state index contributed by atoms with van der Waals surface area (Å²) < 4.78 is 29.0. The van der Waals surface area contributed by atoms with Crippen LogP contribution in [0, 0.1) is 17.3 Å². The van der Waals surface area contributed by atoms with Crippen molar-refractivity contribution in [2.75, 3.05) is 19.6 Å². The molecule has 4 rings (SSSR count). The monoisotopic (exact) mass is 406 g/mol. The largest absolute Gasteiger partial charge is 0.298 e. The molecule has 2 aliphatic heterocycles. The van der Waals surface area contributed by atoms with Gasteiger partial charge in [0.15, 0.2) is 0 Å². The second kappa shape index (κ2) is 7.24. The molecule has 0 amide bonds. The Labute approximate surface area is 172 Å². The lowest BCUT2D eigenvalue weighted by molar-refractivity contribution is 0.0688. The third kappa shape index (κ3) is 3.75. The van der Waals surface area contributed by atoms with Crippen molar-refractivity contribution in [1.82, 2.24) is 9.21 Å². The zero-order valence-corrected chi connectivity index (χ0v) is 19.0. The number of hydrogen-bond acceptors (Lipinski definition) is 3. The van der Waals surface area contributed by atoms with Gasteiger partial charge < -0.3 is 0 Å². The molecule has 158 valence electrons. The van der Waals surface area contributed by atoms with E-state index in [2.05, 4.69) is 38.7 Å². The molecular formula is C23H38N2O2S. The molecule has 0 aromatic heterocycles. The number of piperidine rings is 1. The Hall–Kier alpha value is -0.650. The van der Waals surface area contributed by atoms with E-state index in [9.17, 15) is 8.42 Å². The lowest BCUT2D eigenvalue weighted by Crippen LogP contribution is -2.55. The SMILES string of the molecule is CC(C)(C)C1C=CC(S(=O)(=O)N2C[C@@H]3CN(C4CCCCC4)C[C@]2(C)C3)=CC1. The Kier molecular flexibility index (Phi) is 5.33. The molecule has 1 saturated carbocycles. The summed E-state index contributed by atoms with van der Waals surface area (Å²) in [5, 5.41) is 0. The number of nitrogens with zero attached hydrogens (tertiary/aromatic N) is 2. The summed E-state index contributed by atoms with van der Waals surface area (Å²) in [6.07, 6.45) is 14.4. The van der Waals surface area contributed by atoms with Gasteiger partial charge in [0, 0.05) is 31.2 Å². The van der Waals surface area contributed by atoms with Crippen LogP contribution in [0.3, 0.4) is 0 Å². The fraction of sp³-hybridized carbons (Fsp3) is 0.826. The van der Waals surface area contributed by atoms with E-state index in [1.165, 1.54) is 32.1 Å². The maximum atomic E-state index is 13.6. The van der Waals surface area contributed by atoms with Crippen LogP contribution in [0.1, 0.15) is 72.6 Å². The van der Waals surface area contributed by atoms with Crippen molar-refractivity contribution in [3.05, 3.63) is 23.1 Å². The molecule has 1 unspecified atom stereocenters. The number of allylic oxidation sites excluding steroid dienone is 3. The summed E-state index contributed by atoms with van der Waals surface area (Å²) in [6.45, 7) is 11.5. The van der Waals surface area contributed by atoms with Crippen molar-refractivity contribution in [2.24, 2.45) is 17.3 Å². The average molecular weight is 407 g/mol. The van der Waals surface area contributed by atoms with E-state index in [0.29, 0.717) is 29.3 Å². The second-order valence-corrected chi connectivity index (χ2v) is 12.9. The van der Waals surface area contributed by atoms with Gasteiger partial charge in [0.2, 0.25) is 10.0 Å². The topological polar surface area (TPSA) is 40.6 Å². The van der Waals surface area contributed by atoms with Crippen molar-refractivity contribution in [3.8, 4) is 0 Å². The van der Waals surface area contributed by atoms with E-state index < -0.39 is 10.0 Å². The third-order valence-electron chi connectivity index (χ3n) is 7.65. The van der Waals surface area contributed by atoms with E-state index in [0.717, 1.165) is 25.9 Å². The molecule has 2 bridgehead atoms. The molecule has 28 heavy (non-hydrogen) atoms. The van der Waals surface area contributed by atoms with Gasteiger partial charge in [0.25, 0.3) is 0 Å². The van der Waals surface area contributed by atoms with Crippen molar-refractivity contribution >= 4 is 10.0 Å². The fourth-order valence-corrected chi connectivity index (χ4v) is 7.95. The van der Waals surface area contributed by atoms with Crippen LogP contribution in [0.2, 0.25) is 0 Å². The molecule has 0 aromatic rings. The van der Waals surface area contributed by atoms with Gasteiger partial charge in [-0.2, -0.15) is 4.31 Å². The van der Waals surface area contributed by atoms with Crippen LogP contribution in [0.4, 0.5) is 0 Å². The molecule has 4 aliphatic rings. The van der Waals surface area contributed by atoms with Crippen molar-refractivity contribution in [3.63, 3.8) is 0 Å². The smallest absolute Gasteiger partial charge is 0.243 e. The van der Waals surface area contributed by atoms with Crippen LogP contribution < -0.4 is 0 Å². The summed E-state index contributed by atoms with van der Waals surface area (Å²) in [4.78, 5) is 3.15. The van der Waals surface area contributed by atoms with E-state index in [1.54, 1.807) is 0 Å². The fourth-order valence-electron chi connectivity index (χ4n) is 6.02. The van der Waals surface area contributed by atoms with Crippen molar-refractivity contribution < 1.29 is 8.42 Å². The lowest BCUT2D eigenvalue weighted by atomic mass is 9.77. The third-order valence-corrected chi connectivity index (χ3v) is 9.72. The normalized spacial score (nSPS) is 35.9. The van der Waals surface area contributed by atoms with Gasteiger partial charge in [-0.3, -0.25) is 4.90 Å². The first-order valence-electron chi connectivity index (χ1n) is 11.2. The summed E-state index contributed by atoms with van der Waals surface area (Å²) >= 11 is 0. The molecule has 5 heteroatoms. The quantitative estimate of drug-likeness (QED) is 0.690. The van der Waals surface area contributed by atoms with Crippen LogP contribution in [0.25, 0.3) is 0 Å². The molecule has 2 aliphatic carbocycles. The van der Waals surface area contributed by atoms with Gasteiger partial charge in [-0.15, -0.1) is 0 Å². The van der Waals surface area contributed by atoms with Gasteiger partial charge in [-0.1, -0.05) is 52.2 Å². The Morgan fingerprint density at radius 3 is 2.43 bits per heavy atom. The molecule has 3 fully saturated rings. The van der Waals surface area contributed by atoms with Gasteiger partial charge >= 0.3 is 0 Å². The van der Waals surface area contributed by atoms with Gasteiger partial charge in [0.05, 0.1) is 4.91 Å². The molecule has 2 saturated heterocycles. The van der Waals surface area contributed by atoms with Crippen LogP contribution in [-0.2, 0) is 10.0 Å². The Morgan fingerprint density at radius 2 is 1.82 bits per heavy atom. The average Bonchev–Trinajstić information content (AvgIpc) is 2.90. The first-order valence-corrected chi connectivity index (χ1v) is 12.7. The minimum absolute atomic E-state index is 0.166. The van der Waals surface area contributed by atoms with Gasteiger partial charge in [0.1, 0.15) is 0 Å². The summed E-state index contributed by atoms with van der Waals surface area (Å²) in [5.41, 5.74) is -0.0896. The van der Waals surface area contributed by atoms with E-state index >= 15 is 0 Å². The summed E-state index contributed by atoms with van der Waals surface area (Å²) in [5.74, 6) is 0.882. The Morgan fingerprint density at radius 1 is 1.11 bits per heavy atom. The molecule has 2 heterocycles. The number of sulfonamides is 1. The zero-order chi connectivity index (χ0) is 20.2. The zero-order valence-electron chi connectivity index (χ0n) is 18.2. The number of hydrogen-bond donors (Lipinski definition) is 0. The molecule has 3 atom stereocenters. The minimum Gasteiger partial charge on any atom is -0.298 e. The van der Waals surface area contributed by atoms with Crippen molar-refractivity contribution in [2.45, 2.75) is 84.2 Å². The molecular weight excluding hydrogens is 368 g/mol. The van der Waals surface area contributed by atoms with E-state index in [1.807, 2.05) is 16.5 Å². The van der Waals surface area contributed by atoms with Crippen molar-refractivity contribution in [1.29, 1.82) is 0 Å². The highest BCUT2D eigenvalue weighted by molar-refractivity contribution is 7.93. The molecule has 0 aromatic carbocycles. The highest BCUT2D eigenvalue weighted by Crippen LogP contribution is 2.44. The minimum atomic E-state index is -3.42. The standard InChI is InChI=1S/C23H38N2O2S/c1-22(2,3)19-10-12-21(13-11-19)28(26,27)25-16-18-14-23(25,4)17-24(15-18)20-8-6-5-7-9-20/h10,12-13,18-20H,5-9,11,14-17H2,1-4H3/t18-,19?,23-/m0/s1. The first kappa shape index (κ1) is 20.6. The van der Waals surface area contributed by atoms with E-state index in [4.69, 9.17) is 0 Å². The highest BCUT2D eigenvalue weighted by Gasteiger charge is 2.53. The van der Waals surface area contributed by atoms with Crippen LogP contribution in [-0.4, -0.2) is 48.8 Å². The Balaban J connectivity index is 1.52. The summed E-state index contributed by atoms with van der Waals surface area (Å²) in [7, 11) is -3.42. The molecule has 0 N–H and O–H groups in total. The highest BCUT2D eigenvalue weighted by atomic mass is 32.2.